The molecular weight excluding hydrogens is 365 g/mol. The van der Waals surface area contributed by atoms with Gasteiger partial charge in [0.15, 0.2) is 0 Å². The number of nitrogens with one attached hydrogen (secondary N) is 2. The van der Waals surface area contributed by atoms with Crippen molar-refractivity contribution in [2.45, 2.75) is 6.18 Å². The largest absolute Gasteiger partial charge is 0.545 e. The molecule has 0 aliphatic rings. The Kier molecular flexibility index (Phi) is 5.96. The first-order chi connectivity index (χ1) is 12.7. The van der Waals surface area contributed by atoms with E-state index < -0.39 is 29.5 Å². The molecule has 140 valence electrons. The highest BCUT2D eigenvalue weighted by Crippen LogP contribution is 2.34. The van der Waals surface area contributed by atoms with Crippen molar-refractivity contribution in [1.29, 1.82) is 0 Å². The lowest BCUT2D eigenvalue weighted by molar-refractivity contribution is -0.297. The number of para-hydroxylation sites is 1. The van der Waals surface area contributed by atoms with Crippen LogP contribution >= 0.6 is 0 Å². The zero-order chi connectivity index (χ0) is 20.0. The minimum Gasteiger partial charge on any atom is -0.545 e. The second-order valence-corrected chi connectivity index (χ2v) is 5.22. The highest BCUT2D eigenvalue weighted by Gasteiger charge is 2.33. The van der Waals surface area contributed by atoms with Crippen LogP contribution in [0.15, 0.2) is 60.7 Å². The molecule has 0 heterocycles. The smallest absolute Gasteiger partial charge is 0.418 e. The van der Waals surface area contributed by atoms with Crippen LogP contribution in [0, 0.1) is 0 Å². The van der Waals surface area contributed by atoms with Crippen LogP contribution in [0.5, 0.6) is 0 Å². The molecule has 27 heavy (non-hydrogen) atoms. The molecule has 9 heteroatoms. The second-order valence-electron chi connectivity index (χ2n) is 5.22. The number of rotatable bonds is 5. The van der Waals surface area contributed by atoms with Crippen LogP contribution < -0.4 is 15.7 Å². The lowest BCUT2D eigenvalue weighted by Gasteiger charge is -2.13. The van der Waals surface area contributed by atoms with Crippen molar-refractivity contribution in [2.75, 3.05) is 10.6 Å². The molecule has 0 saturated heterocycles. The second kappa shape index (κ2) is 8.17. The average Bonchev–Trinajstić information content (AvgIpc) is 2.60. The van der Waals surface area contributed by atoms with Crippen molar-refractivity contribution in [2.24, 2.45) is 0 Å². The van der Waals surface area contributed by atoms with Gasteiger partial charge in [0.05, 0.1) is 17.2 Å². The maximum Gasteiger partial charge on any atom is 0.418 e. The molecule has 0 aliphatic heterocycles. The van der Waals surface area contributed by atoms with Gasteiger partial charge in [0, 0.05) is 17.3 Å². The molecule has 2 aromatic carbocycles. The minimum atomic E-state index is -4.61. The van der Waals surface area contributed by atoms with Gasteiger partial charge in [0.2, 0.25) is 5.91 Å². The Labute approximate surface area is 151 Å². The van der Waals surface area contributed by atoms with Gasteiger partial charge in [-0.3, -0.25) is 9.59 Å². The standard InChI is InChI=1S/C18H13F3N2O4/c19-18(20,21)13-3-1-2-4-14(13)23-17(27)11-5-7-12(8-6-11)22-15(24)9-10-16(25)26/h1-10H,(H,22,24)(H,23,27)(H,25,26)/p-1/b10-9-. The van der Waals surface area contributed by atoms with Crippen LogP contribution in [-0.4, -0.2) is 17.8 Å². The minimum absolute atomic E-state index is 0.0651. The van der Waals surface area contributed by atoms with Gasteiger partial charge in [-0.05, 0) is 42.5 Å². The summed E-state index contributed by atoms with van der Waals surface area (Å²) in [6, 6.07) is 9.85. The number of amides is 2. The third-order valence-electron chi connectivity index (χ3n) is 3.27. The fraction of sp³-hybridized carbons (Fsp3) is 0.0556. The van der Waals surface area contributed by atoms with E-state index in [0.29, 0.717) is 6.08 Å². The number of carbonyl (C=O) groups is 3. The van der Waals surface area contributed by atoms with Crippen LogP contribution in [0.1, 0.15) is 15.9 Å². The van der Waals surface area contributed by atoms with Gasteiger partial charge >= 0.3 is 6.18 Å². The van der Waals surface area contributed by atoms with E-state index in [-0.39, 0.29) is 16.9 Å². The fourth-order valence-corrected chi connectivity index (χ4v) is 2.07. The molecule has 0 aliphatic carbocycles. The fourth-order valence-electron chi connectivity index (χ4n) is 2.07. The zero-order valence-corrected chi connectivity index (χ0v) is 13.5. The number of aliphatic carboxylic acids is 1. The molecule has 0 saturated carbocycles. The Morgan fingerprint density at radius 1 is 0.889 bits per heavy atom. The summed E-state index contributed by atoms with van der Waals surface area (Å²) in [4.78, 5) is 33.8. The Balaban J connectivity index is 2.09. The van der Waals surface area contributed by atoms with E-state index in [4.69, 9.17) is 0 Å². The van der Waals surface area contributed by atoms with Crippen molar-refractivity contribution in [3.05, 3.63) is 71.8 Å². The average molecular weight is 377 g/mol. The van der Waals surface area contributed by atoms with E-state index in [1.165, 1.54) is 36.4 Å². The number of hydrogen-bond donors (Lipinski definition) is 2. The summed E-state index contributed by atoms with van der Waals surface area (Å²) in [5.74, 6) is -3.02. The third-order valence-corrected chi connectivity index (χ3v) is 3.27. The molecule has 2 N–H and O–H groups in total. The molecule has 6 nitrogen and oxygen atoms in total. The number of alkyl halides is 3. The zero-order valence-electron chi connectivity index (χ0n) is 13.5. The Bertz CT molecular complexity index is 890. The summed E-state index contributed by atoms with van der Waals surface area (Å²) in [5.41, 5.74) is -1.02. The number of carbonyl (C=O) groups excluding carboxylic acids is 3. The number of carboxylic acids is 1. The normalized spacial score (nSPS) is 11.2. The summed E-state index contributed by atoms with van der Waals surface area (Å²) in [6.07, 6.45) is -3.31. The lowest BCUT2D eigenvalue weighted by atomic mass is 10.1. The van der Waals surface area contributed by atoms with Gasteiger partial charge in [-0.15, -0.1) is 0 Å². The van der Waals surface area contributed by atoms with Crippen LogP contribution in [-0.2, 0) is 15.8 Å². The first kappa shape index (κ1) is 19.7. The van der Waals surface area contributed by atoms with Gasteiger partial charge in [0.25, 0.3) is 5.91 Å². The number of anilines is 2. The molecule has 0 radical (unpaired) electrons. The third kappa shape index (κ3) is 5.70. The van der Waals surface area contributed by atoms with E-state index in [0.717, 1.165) is 18.2 Å². The highest BCUT2D eigenvalue weighted by atomic mass is 19.4. The quantitative estimate of drug-likeness (QED) is 0.781. The Morgan fingerprint density at radius 3 is 2.11 bits per heavy atom. The number of halogens is 3. The molecule has 0 unspecified atom stereocenters. The predicted octanol–water partition coefficient (Wildman–Crippen LogP) is 2.20. The Morgan fingerprint density at radius 2 is 1.52 bits per heavy atom. The molecule has 2 aromatic rings. The molecule has 0 bridgehead atoms. The van der Waals surface area contributed by atoms with Crippen LogP contribution in [0.4, 0.5) is 24.5 Å². The van der Waals surface area contributed by atoms with E-state index >= 15 is 0 Å². The summed E-state index contributed by atoms with van der Waals surface area (Å²) in [6.45, 7) is 0. The molecule has 0 fully saturated rings. The van der Waals surface area contributed by atoms with Crippen LogP contribution in [0.25, 0.3) is 0 Å². The molecule has 2 amide bonds. The maximum atomic E-state index is 13.0. The number of hydrogen-bond acceptors (Lipinski definition) is 4. The van der Waals surface area contributed by atoms with E-state index in [1.807, 2.05) is 0 Å². The Hall–Kier alpha value is -3.62. The van der Waals surface area contributed by atoms with E-state index in [1.54, 1.807) is 0 Å². The molecular formula is C18H12F3N2O4-. The summed E-state index contributed by atoms with van der Waals surface area (Å²) >= 11 is 0. The van der Waals surface area contributed by atoms with Crippen LogP contribution in [0.2, 0.25) is 0 Å². The predicted molar refractivity (Wildman–Crippen MR) is 88.6 cm³/mol. The first-order valence-corrected chi connectivity index (χ1v) is 7.44. The monoisotopic (exact) mass is 377 g/mol. The molecule has 0 aromatic heterocycles. The van der Waals surface area contributed by atoms with Gasteiger partial charge in [0.1, 0.15) is 0 Å². The molecule has 0 atom stereocenters. The van der Waals surface area contributed by atoms with Crippen molar-refractivity contribution in [3.8, 4) is 0 Å². The first-order valence-electron chi connectivity index (χ1n) is 7.44. The van der Waals surface area contributed by atoms with E-state index in [9.17, 15) is 32.7 Å². The van der Waals surface area contributed by atoms with Crippen molar-refractivity contribution < 1.29 is 32.7 Å². The van der Waals surface area contributed by atoms with Crippen LogP contribution in [0.3, 0.4) is 0 Å². The maximum absolute atomic E-state index is 13.0. The van der Waals surface area contributed by atoms with Gasteiger partial charge in [-0.1, -0.05) is 12.1 Å². The summed E-state index contributed by atoms with van der Waals surface area (Å²) in [7, 11) is 0. The van der Waals surface area contributed by atoms with Crippen molar-refractivity contribution in [1.82, 2.24) is 0 Å². The van der Waals surface area contributed by atoms with E-state index in [2.05, 4.69) is 10.6 Å². The van der Waals surface area contributed by atoms with Gasteiger partial charge < -0.3 is 20.5 Å². The SMILES string of the molecule is O=C([O-])/C=C\C(=O)Nc1ccc(C(=O)Nc2ccccc2C(F)(F)F)cc1. The van der Waals surface area contributed by atoms with Crippen molar-refractivity contribution in [3.63, 3.8) is 0 Å². The van der Waals surface area contributed by atoms with Gasteiger partial charge in [-0.2, -0.15) is 13.2 Å². The topological polar surface area (TPSA) is 98.3 Å². The highest BCUT2D eigenvalue weighted by molar-refractivity contribution is 6.05. The lowest BCUT2D eigenvalue weighted by Crippen LogP contribution is -2.20. The number of benzene rings is 2. The van der Waals surface area contributed by atoms with Gasteiger partial charge in [-0.25, -0.2) is 0 Å². The molecule has 2 rings (SSSR count). The number of carboxylic acid groups (broad SMARTS) is 1. The van der Waals surface area contributed by atoms with Crippen molar-refractivity contribution >= 4 is 29.2 Å². The molecule has 0 spiro atoms. The summed E-state index contributed by atoms with van der Waals surface area (Å²) < 4.78 is 38.9. The summed E-state index contributed by atoms with van der Waals surface area (Å²) in [5, 5.41) is 14.8.